The quantitative estimate of drug-likeness (QED) is 0.884. The summed E-state index contributed by atoms with van der Waals surface area (Å²) in [5.41, 5.74) is 2.25. The lowest BCUT2D eigenvalue weighted by Crippen LogP contribution is -2.13. The van der Waals surface area contributed by atoms with E-state index in [4.69, 9.17) is 27.9 Å². The number of rotatable bonds is 2. The lowest BCUT2D eigenvalue weighted by atomic mass is 10.0. The average molecular weight is 272 g/mol. The summed E-state index contributed by atoms with van der Waals surface area (Å²) in [7, 11) is 1.63. The fourth-order valence-corrected chi connectivity index (χ4v) is 2.62. The number of methoxy groups -OCH3 is 1. The third-order valence-corrected chi connectivity index (χ3v) is 3.34. The standard InChI is InChI=1S/C13H15Cl2NO/c1-17-13-11(7-10(14)8-12(13)15)9-3-2-5-16-6-4-9/h3,7-8,16H,2,4-6H2,1H3. The predicted molar refractivity (Wildman–Crippen MR) is 73.1 cm³/mol. The molecular weight excluding hydrogens is 257 g/mol. The van der Waals surface area contributed by atoms with E-state index in [2.05, 4.69) is 11.4 Å². The van der Waals surface area contributed by atoms with Crippen molar-refractivity contribution >= 4 is 28.8 Å². The first kappa shape index (κ1) is 12.7. The van der Waals surface area contributed by atoms with Crippen LogP contribution in [0.25, 0.3) is 5.57 Å². The molecule has 0 fully saturated rings. The van der Waals surface area contributed by atoms with Gasteiger partial charge in [0.2, 0.25) is 0 Å². The van der Waals surface area contributed by atoms with Gasteiger partial charge in [-0.2, -0.15) is 0 Å². The average Bonchev–Trinajstić information content (AvgIpc) is 2.56. The summed E-state index contributed by atoms with van der Waals surface area (Å²) >= 11 is 12.2. The van der Waals surface area contributed by atoms with Crippen LogP contribution >= 0.6 is 23.2 Å². The van der Waals surface area contributed by atoms with Gasteiger partial charge in [-0.25, -0.2) is 0 Å². The fourth-order valence-electron chi connectivity index (χ4n) is 2.05. The molecule has 1 heterocycles. The van der Waals surface area contributed by atoms with Gasteiger partial charge in [-0.1, -0.05) is 29.3 Å². The van der Waals surface area contributed by atoms with Gasteiger partial charge in [-0.15, -0.1) is 0 Å². The Morgan fingerprint density at radius 1 is 1.24 bits per heavy atom. The molecule has 0 atom stereocenters. The zero-order valence-electron chi connectivity index (χ0n) is 9.72. The van der Waals surface area contributed by atoms with Crippen LogP contribution in [0.5, 0.6) is 5.75 Å². The Morgan fingerprint density at radius 3 is 2.82 bits per heavy atom. The van der Waals surface area contributed by atoms with Gasteiger partial charge in [0.1, 0.15) is 5.75 Å². The Balaban J connectivity index is 2.45. The van der Waals surface area contributed by atoms with Crippen LogP contribution in [0, 0.1) is 0 Å². The van der Waals surface area contributed by atoms with Crippen LogP contribution in [0.15, 0.2) is 18.2 Å². The summed E-state index contributed by atoms with van der Waals surface area (Å²) in [6, 6.07) is 3.63. The summed E-state index contributed by atoms with van der Waals surface area (Å²) in [4.78, 5) is 0. The highest BCUT2D eigenvalue weighted by Gasteiger charge is 2.14. The number of nitrogens with one attached hydrogen (secondary N) is 1. The van der Waals surface area contributed by atoms with Gasteiger partial charge in [-0.3, -0.25) is 0 Å². The highest BCUT2D eigenvalue weighted by molar-refractivity contribution is 6.36. The molecule has 0 spiro atoms. The first-order valence-corrected chi connectivity index (χ1v) is 6.41. The van der Waals surface area contributed by atoms with Crippen molar-refractivity contribution in [3.63, 3.8) is 0 Å². The molecule has 0 aromatic heterocycles. The first-order valence-electron chi connectivity index (χ1n) is 5.65. The third kappa shape index (κ3) is 2.95. The van der Waals surface area contributed by atoms with Gasteiger partial charge in [-0.05, 0) is 43.6 Å². The van der Waals surface area contributed by atoms with Crippen molar-refractivity contribution in [2.45, 2.75) is 12.8 Å². The molecular formula is C13H15Cl2NO. The van der Waals surface area contributed by atoms with Crippen molar-refractivity contribution in [1.82, 2.24) is 5.32 Å². The topological polar surface area (TPSA) is 21.3 Å². The molecule has 1 aromatic carbocycles. The summed E-state index contributed by atoms with van der Waals surface area (Å²) in [6.07, 6.45) is 4.21. The Hall–Kier alpha value is -0.700. The van der Waals surface area contributed by atoms with Crippen molar-refractivity contribution in [2.24, 2.45) is 0 Å². The number of benzene rings is 1. The van der Waals surface area contributed by atoms with Gasteiger partial charge >= 0.3 is 0 Å². The molecule has 0 saturated heterocycles. The van der Waals surface area contributed by atoms with E-state index >= 15 is 0 Å². The number of hydrogen-bond acceptors (Lipinski definition) is 2. The number of halogens is 2. The molecule has 2 rings (SSSR count). The van der Waals surface area contributed by atoms with E-state index in [1.807, 2.05) is 6.07 Å². The molecule has 2 nitrogen and oxygen atoms in total. The van der Waals surface area contributed by atoms with Crippen LogP contribution in [0.4, 0.5) is 0 Å². The minimum absolute atomic E-state index is 0.563. The van der Waals surface area contributed by atoms with E-state index < -0.39 is 0 Å². The monoisotopic (exact) mass is 271 g/mol. The summed E-state index contributed by atoms with van der Waals surface area (Å²) in [6.45, 7) is 1.99. The highest BCUT2D eigenvalue weighted by Crippen LogP contribution is 2.37. The maximum absolute atomic E-state index is 6.14. The summed E-state index contributed by atoms with van der Waals surface area (Å²) in [5, 5.41) is 4.56. The molecule has 17 heavy (non-hydrogen) atoms. The molecule has 0 radical (unpaired) electrons. The Labute approximate surface area is 112 Å². The molecule has 0 aliphatic carbocycles. The minimum atomic E-state index is 0.563. The van der Waals surface area contributed by atoms with Crippen LogP contribution in [-0.4, -0.2) is 20.2 Å². The molecule has 1 aliphatic rings. The lowest BCUT2D eigenvalue weighted by molar-refractivity contribution is 0.413. The van der Waals surface area contributed by atoms with Crippen molar-refractivity contribution in [3.8, 4) is 5.75 Å². The second kappa shape index (κ2) is 5.76. The minimum Gasteiger partial charge on any atom is -0.495 e. The van der Waals surface area contributed by atoms with E-state index in [1.54, 1.807) is 13.2 Å². The van der Waals surface area contributed by atoms with Crippen molar-refractivity contribution in [3.05, 3.63) is 33.8 Å². The van der Waals surface area contributed by atoms with Crippen LogP contribution in [0.3, 0.4) is 0 Å². The Morgan fingerprint density at radius 2 is 2.06 bits per heavy atom. The van der Waals surface area contributed by atoms with Crippen LogP contribution < -0.4 is 10.1 Å². The normalized spacial score (nSPS) is 16.3. The van der Waals surface area contributed by atoms with Crippen molar-refractivity contribution in [2.75, 3.05) is 20.2 Å². The van der Waals surface area contributed by atoms with Crippen LogP contribution in [-0.2, 0) is 0 Å². The Kier molecular flexibility index (Phi) is 4.32. The zero-order chi connectivity index (χ0) is 12.3. The number of hydrogen-bond donors (Lipinski definition) is 1. The third-order valence-electron chi connectivity index (χ3n) is 2.84. The second-order valence-electron chi connectivity index (χ2n) is 3.99. The van der Waals surface area contributed by atoms with E-state index in [0.717, 1.165) is 31.5 Å². The van der Waals surface area contributed by atoms with Gasteiger partial charge in [0.25, 0.3) is 0 Å². The molecule has 1 aliphatic heterocycles. The maximum Gasteiger partial charge on any atom is 0.145 e. The molecule has 0 bridgehead atoms. The summed E-state index contributed by atoms with van der Waals surface area (Å²) in [5.74, 6) is 0.712. The SMILES string of the molecule is COc1c(Cl)cc(Cl)cc1C1=CCCNCC1. The molecule has 4 heteroatoms. The smallest absolute Gasteiger partial charge is 0.145 e. The van der Waals surface area contributed by atoms with E-state index in [-0.39, 0.29) is 0 Å². The molecule has 0 saturated carbocycles. The van der Waals surface area contributed by atoms with Crippen LogP contribution in [0.1, 0.15) is 18.4 Å². The van der Waals surface area contributed by atoms with Crippen molar-refractivity contribution < 1.29 is 4.74 Å². The first-order chi connectivity index (χ1) is 8.22. The molecule has 92 valence electrons. The predicted octanol–water partition coefficient (Wildman–Crippen LogP) is 3.77. The van der Waals surface area contributed by atoms with E-state index in [1.165, 1.54) is 5.57 Å². The van der Waals surface area contributed by atoms with Gasteiger partial charge in [0.15, 0.2) is 0 Å². The molecule has 1 aromatic rings. The molecule has 0 unspecified atom stereocenters. The summed E-state index contributed by atoms with van der Waals surface area (Å²) < 4.78 is 5.37. The fraction of sp³-hybridized carbons (Fsp3) is 0.385. The molecule has 0 amide bonds. The Bertz CT molecular complexity index is 443. The van der Waals surface area contributed by atoms with Gasteiger partial charge < -0.3 is 10.1 Å². The maximum atomic E-state index is 6.14. The zero-order valence-corrected chi connectivity index (χ0v) is 11.2. The van der Waals surface area contributed by atoms with E-state index in [9.17, 15) is 0 Å². The van der Waals surface area contributed by atoms with Crippen LogP contribution in [0.2, 0.25) is 10.0 Å². The second-order valence-corrected chi connectivity index (χ2v) is 4.83. The largest absolute Gasteiger partial charge is 0.495 e. The molecule has 1 N–H and O–H groups in total. The highest BCUT2D eigenvalue weighted by atomic mass is 35.5. The van der Waals surface area contributed by atoms with E-state index in [0.29, 0.717) is 15.8 Å². The van der Waals surface area contributed by atoms with Crippen molar-refractivity contribution in [1.29, 1.82) is 0 Å². The number of ether oxygens (including phenoxy) is 1. The lowest BCUT2D eigenvalue weighted by Gasteiger charge is -2.13. The van der Waals surface area contributed by atoms with Gasteiger partial charge in [0.05, 0.1) is 12.1 Å². The van der Waals surface area contributed by atoms with Gasteiger partial charge in [0, 0.05) is 10.6 Å².